The lowest BCUT2D eigenvalue weighted by atomic mass is 10.4. The Bertz CT molecular complexity index is 302. The summed E-state index contributed by atoms with van der Waals surface area (Å²) in [6, 6.07) is 0. The minimum absolute atomic E-state index is 0.00589. The van der Waals surface area contributed by atoms with Crippen molar-refractivity contribution in [3.8, 4) is 0 Å². The van der Waals surface area contributed by atoms with Gasteiger partial charge >= 0.3 is 0 Å². The number of nitrogens with zero attached hydrogens (tertiary/aromatic N) is 3. The molecule has 6 nitrogen and oxygen atoms in total. The van der Waals surface area contributed by atoms with Crippen LogP contribution in [-0.4, -0.2) is 34.6 Å². The van der Waals surface area contributed by atoms with E-state index in [1.165, 1.54) is 0 Å². The van der Waals surface area contributed by atoms with Crippen LogP contribution in [0.15, 0.2) is 0 Å². The molecule has 0 aromatic carbocycles. The van der Waals surface area contributed by atoms with Crippen LogP contribution in [-0.2, 0) is 11.2 Å². The highest BCUT2D eigenvalue weighted by molar-refractivity contribution is 5.25. The first-order valence-corrected chi connectivity index (χ1v) is 4.19. The maximum Gasteiger partial charge on any atom is 0.261 e. The summed E-state index contributed by atoms with van der Waals surface area (Å²) in [6.07, 6.45) is -2.21. The molecule has 8 heteroatoms. The highest BCUT2D eigenvalue weighted by Gasteiger charge is 2.04. The highest BCUT2D eigenvalue weighted by atomic mass is 19.3. The van der Waals surface area contributed by atoms with Crippen molar-refractivity contribution in [1.82, 2.24) is 15.0 Å². The Morgan fingerprint density at radius 3 is 2.27 bits per heavy atom. The van der Waals surface area contributed by atoms with Crippen molar-refractivity contribution in [2.75, 3.05) is 24.7 Å². The summed E-state index contributed by atoms with van der Waals surface area (Å²) in [5.41, 5.74) is 10.6. The summed E-state index contributed by atoms with van der Waals surface area (Å²) in [5.74, 6) is 0.340. The molecule has 0 unspecified atom stereocenters. The molecule has 0 atom stereocenters. The number of nitrogens with two attached hydrogens (primary N) is 2. The average molecular weight is 219 g/mol. The summed E-state index contributed by atoms with van der Waals surface area (Å²) in [5, 5.41) is 0. The van der Waals surface area contributed by atoms with Crippen LogP contribution >= 0.6 is 0 Å². The molecule has 1 aromatic rings. The Kier molecular flexibility index (Phi) is 4.10. The molecular weight excluding hydrogens is 208 g/mol. The van der Waals surface area contributed by atoms with Crippen molar-refractivity contribution >= 4 is 11.9 Å². The lowest BCUT2D eigenvalue weighted by molar-refractivity contribution is 0.0183. The lowest BCUT2D eigenvalue weighted by Gasteiger charge is -2.03. The van der Waals surface area contributed by atoms with Gasteiger partial charge in [-0.15, -0.1) is 0 Å². The van der Waals surface area contributed by atoms with Gasteiger partial charge in [0.15, 0.2) is 0 Å². The van der Waals surface area contributed by atoms with E-state index in [0.717, 1.165) is 0 Å². The topological polar surface area (TPSA) is 99.9 Å². The van der Waals surface area contributed by atoms with E-state index in [4.69, 9.17) is 11.5 Å². The first-order chi connectivity index (χ1) is 7.08. The van der Waals surface area contributed by atoms with Crippen molar-refractivity contribution in [3.05, 3.63) is 5.82 Å². The van der Waals surface area contributed by atoms with Crippen LogP contribution in [0.4, 0.5) is 20.7 Å². The summed E-state index contributed by atoms with van der Waals surface area (Å²) in [6.45, 7) is -0.511. The number of aromatic nitrogens is 3. The van der Waals surface area contributed by atoms with Crippen LogP contribution in [0.2, 0.25) is 0 Å². The third-order valence-electron chi connectivity index (χ3n) is 1.43. The molecule has 0 aliphatic rings. The molecule has 0 fully saturated rings. The predicted molar refractivity (Wildman–Crippen MR) is 49.2 cm³/mol. The van der Waals surface area contributed by atoms with E-state index < -0.39 is 13.0 Å². The number of anilines is 2. The van der Waals surface area contributed by atoms with Gasteiger partial charge in [-0.3, -0.25) is 0 Å². The van der Waals surface area contributed by atoms with Gasteiger partial charge in [0.25, 0.3) is 6.43 Å². The summed E-state index contributed by atoms with van der Waals surface area (Å²) >= 11 is 0. The molecule has 0 radical (unpaired) electrons. The van der Waals surface area contributed by atoms with Crippen LogP contribution in [0.1, 0.15) is 5.82 Å². The molecular formula is C7H11F2N5O. The number of hydrogen-bond acceptors (Lipinski definition) is 6. The average Bonchev–Trinajstić information content (AvgIpc) is 2.10. The van der Waals surface area contributed by atoms with Crippen molar-refractivity contribution in [2.45, 2.75) is 12.8 Å². The smallest absolute Gasteiger partial charge is 0.261 e. The zero-order valence-electron chi connectivity index (χ0n) is 7.86. The van der Waals surface area contributed by atoms with Crippen LogP contribution in [0.5, 0.6) is 0 Å². The lowest BCUT2D eigenvalue weighted by Crippen LogP contribution is -2.11. The quantitative estimate of drug-likeness (QED) is 0.668. The van der Waals surface area contributed by atoms with E-state index in [1.54, 1.807) is 0 Å². The first-order valence-electron chi connectivity index (χ1n) is 4.19. The first kappa shape index (κ1) is 11.5. The largest absolute Gasteiger partial charge is 0.375 e. The molecule has 84 valence electrons. The van der Waals surface area contributed by atoms with Gasteiger partial charge in [0, 0.05) is 6.42 Å². The third kappa shape index (κ3) is 4.45. The van der Waals surface area contributed by atoms with Gasteiger partial charge in [0.05, 0.1) is 6.61 Å². The van der Waals surface area contributed by atoms with Gasteiger partial charge in [0.2, 0.25) is 11.9 Å². The van der Waals surface area contributed by atoms with E-state index in [0.29, 0.717) is 5.82 Å². The van der Waals surface area contributed by atoms with Gasteiger partial charge < -0.3 is 16.2 Å². The number of rotatable bonds is 5. The molecule has 0 saturated carbocycles. The highest BCUT2D eigenvalue weighted by Crippen LogP contribution is 2.00. The van der Waals surface area contributed by atoms with Crippen LogP contribution < -0.4 is 11.5 Å². The van der Waals surface area contributed by atoms with Crippen LogP contribution in [0.25, 0.3) is 0 Å². The Morgan fingerprint density at radius 2 is 1.73 bits per heavy atom. The van der Waals surface area contributed by atoms with Gasteiger partial charge in [-0.25, -0.2) is 8.78 Å². The SMILES string of the molecule is Nc1nc(N)nc(CCOCC(F)F)n1. The monoisotopic (exact) mass is 219 g/mol. The Hall–Kier alpha value is -1.57. The number of hydrogen-bond donors (Lipinski definition) is 2. The maximum atomic E-state index is 11.7. The second kappa shape index (κ2) is 5.35. The number of ether oxygens (including phenoxy) is 1. The minimum atomic E-state index is -2.47. The van der Waals surface area contributed by atoms with Crippen molar-refractivity contribution < 1.29 is 13.5 Å². The molecule has 0 spiro atoms. The molecule has 0 saturated heterocycles. The number of nitrogen functional groups attached to an aromatic ring is 2. The standard InChI is InChI=1S/C7H11F2N5O/c8-4(9)3-15-2-1-5-12-6(10)14-7(11)13-5/h4H,1-3H2,(H4,10,11,12,13,14). The Balaban J connectivity index is 2.37. The molecule has 0 aliphatic heterocycles. The van der Waals surface area contributed by atoms with Crippen molar-refractivity contribution in [1.29, 1.82) is 0 Å². The normalized spacial score (nSPS) is 10.9. The second-order valence-electron chi connectivity index (χ2n) is 2.68. The Labute approximate surface area is 84.7 Å². The van der Waals surface area contributed by atoms with E-state index in [9.17, 15) is 8.78 Å². The van der Waals surface area contributed by atoms with E-state index in [1.807, 2.05) is 0 Å². The van der Waals surface area contributed by atoms with E-state index >= 15 is 0 Å². The predicted octanol–water partition coefficient (Wildman–Crippen LogP) is -0.140. The second-order valence-corrected chi connectivity index (χ2v) is 2.68. The van der Waals surface area contributed by atoms with Gasteiger partial charge in [-0.05, 0) is 0 Å². The van der Waals surface area contributed by atoms with Gasteiger partial charge in [-0.1, -0.05) is 0 Å². The van der Waals surface area contributed by atoms with Crippen molar-refractivity contribution in [2.24, 2.45) is 0 Å². The molecule has 1 aromatic heterocycles. The molecule has 1 rings (SSSR count). The van der Waals surface area contributed by atoms with Gasteiger partial charge in [0.1, 0.15) is 12.4 Å². The fourth-order valence-electron chi connectivity index (χ4n) is 0.904. The maximum absolute atomic E-state index is 11.7. The fourth-order valence-corrected chi connectivity index (χ4v) is 0.904. The number of alkyl halides is 2. The molecule has 0 aliphatic carbocycles. The Morgan fingerprint density at radius 1 is 1.13 bits per heavy atom. The van der Waals surface area contributed by atoms with E-state index in [2.05, 4.69) is 19.7 Å². The van der Waals surface area contributed by atoms with Gasteiger partial charge in [-0.2, -0.15) is 15.0 Å². The van der Waals surface area contributed by atoms with E-state index in [-0.39, 0.29) is 24.9 Å². The molecule has 1 heterocycles. The van der Waals surface area contributed by atoms with Crippen LogP contribution in [0.3, 0.4) is 0 Å². The third-order valence-corrected chi connectivity index (χ3v) is 1.43. The summed E-state index contributed by atoms with van der Waals surface area (Å²) in [4.78, 5) is 11.1. The number of halogens is 2. The molecule has 15 heavy (non-hydrogen) atoms. The molecule has 0 bridgehead atoms. The minimum Gasteiger partial charge on any atom is -0.375 e. The summed E-state index contributed by atoms with van der Waals surface area (Å²) < 4.78 is 28.0. The summed E-state index contributed by atoms with van der Waals surface area (Å²) in [7, 11) is 0. The van der Waals surface area contributed by atoms with Crippen LogP contribution in [0, 0.1) is 0 Å². The fraction of sp³-hybridized carbons (Fsp3) is 0.571. The zero-order chi connectivity index (χ0) is 11.3. The molecule has 4 N–H and O–H groups in total. The zero-order valence-corrected chi connectivity index (χ0v) is 7.86. The molecule has 0 amide bonds. The van der Waals surface area contributed by atoms with Crippen molar-refractivity contribution in [3.63, 3.8) is 0 Å².